The molecule has 2 N–H and O–H groups in total. The maximum absolute atomic E-state index is 12.2. The van der Waals surface area contributed by atoms with Crippen molar-refractivity contribution >= 4 is 20.1 Å². The van der Waals surface area contributed by atoms with E-state index in [9.17, 15) is 19.3 Å². The van der Waals surface area contributed by atoms with Gasteiger partial charge in [-0.15, -0.1) is 4.52 Å². The second-order valence-electron chi connectivity index (χ2n) is 6.11. The number of aliphatic carboxylic acids is 1. The second kappa shape index (κ2) is 10.1. The minimum Gasteiger partial charge on any atom is -0.478 e. The van der Waals surface area contributed by atoms with Crippen LogP contribution in [0, 0.1) is 5.92 Å². The summed E-state index contributed by atoms with van der Waals surface area (Å²) >= 11 is 0. The van der Waals surface area contributed by atoms with Crippen molar-refractivity contribution in [2.75, 3.05) is 13.7 Å². The molecule has 0 spiro atoms. The minimum atomic E-state index is -2.41. The highest BCUT2D eigenvalue weighted by molar-refractivity contribution is 7.42. The first-order chi connectivity index (χ1) is 11.8. The third-order valence-corrected chi connectivity index (χ3v) is 5.31. The van der Waals surface area contributed by atoms with Crippen LogP contribution in [-0.2, 0) is 25.2 Å². The first-order valence-corrected chi connectivity index (χ1v) is 9.19. The molecule has 1 rings (SSSR count). The van der Waals surface area contributed by atoms with E-state index in [2.05, 4.69) is 5.32 Å². The Hall–Kier alpha value is -1.98. The van der Waals surface area contributed by atoms with E-state index in [4.69, 9.17) is 9.26 Å². The van der Waals surface area contributed by atoms with Crippen LogP contribution in [0.15, 0.2) is 30.3 Å². The summed E-state index contributed by atoms with van der Waals surface area (Å²) in [6.07, 6.45) is -0.476. The molecule has 2 atom stereocenters. The van der Waals surface area contributed by atoms with E-state index in [1.807, 2.05) is 44.2 Å². The summed E-state index contributed by atoms with van der Waals surface area (Å²) in [5.41, 5.74) is 0.847. The molecule has 138 valence electrons. The van der Waals surface area contributed by atoms with Crippen LogP contribution in [-0.4, -0.2) is 36.0 Å². The molecule has 0 heterocycles. The topological polar surface area (TPSA) is 102 Å². The van der Waals surface area contributed by atoms with Crippen molar-refractivity contribution in [3.8, 4) is 0 Å². The summed E-state index contributed by atoms with van der Waals surface area (Å²) in [7, 11) is -1.19. The molecule has 0 aliphatic carbocycles. The Bertz CT molecular complexity index is 592. The molecule has 0 aromatic heterocycles. The van der Waals surface area contributed by atoms with Crippen molar-refractivity contribution < 1.29 is 28.5 Å². The summed E-state index contributed by atoms with van der Waals surface area (Å²) < 4.78 is 22.1. The Labute approximate surface area is 148 Å². The summed E-state index contributed by atoms with van der Waals surface area (Å²) in [6, 6.07) is 9.19. The lowest BCUT2D eigenvalue weighted by Crippen LogP contribution is -2.40. The van der Waals surface area contributed by atoms with Crippen molar-refractivity contribution in [3.05, 3.63) is 35.9 Å². The van der Waals surface area contributed by atoms with E-state index in [0.717, 1.165) is 5.56 Å². The maximum Gasteiger partial charge on any atom is 0.526 e. The number of carbonyl (C=O) groups excluding carboxylic acids is 1. The molecule has 0 bridgehead atoms. The van der Waals surface area contributed by atoms with Crippen LogP contribution in [0.3, 0.4) is 0 Å². The van der Waals surface area contributed by atoms with Crippen LogP contribution in [0.25, 0.3) is 0 Å². The Balaban J connectivity index is 2.59. The van der Waals surface area contributed by atoms with Gasteiger partial charge in [-0.1, -0.05) is 44.2 Å². The van der Waals surface area contributed by atoms with Crippen LogP contribution < -0.4 is 5.32 Å². The Morgan fingerprint density at radius 3 is 2.44 bits per heavy atom. The molecule has 1 amide bonds. The van der Waals surface area contributed by atoms with Gasteiger partial charge in [0.15, 0.2) is 0 Å². The minimum absolute atomic E-state index is 0.00947. The highest BCUT2D eigenvalue weighted by atomic mass is 31.1. The molecular weight excluding hydrogens is 345 g/mol. The van der Waals surface area contributed by atoms with Gasteiger partial charge in [-0.2, -0.15) is 0 Å². The van der Waals surface area contributed by atoms with Crippen LogP contribution in [0.2, 0.25) is 0 Å². The molecule has 2 unspecified atom stereocenters. The fraction of sp³-hybridized carbons (Fsp3) is 0.529. The predicted molar refractivity (Wildman–Crippen MR) is 93.7 cm³/mol. The number of alkyl carbamates (subject to hydrolysis) is 1. The molecule has 1 aromatic carbocycles. The molecule has 0 saturated heterocycles. The fourth-order valence-electron chi connectivity index (χ4n) is 2.54. The number of carboxylic acid groups (broad SMARTS) is 1. The van der Waals surface area contributed by atoms with E-state index in [-0.39, 0.29) is 31.9 Å². The molecule has 0 aliphatic rings. The quantitative estimate of drug-likeness (QED) is 0.611. The van der Waals surface area contributed by atoms with E-state index in [1.54, 1.807) is 0 Å². The van der Waals surface area contributed by atoms with Crippen molar-refractivity contribution in [2.24, 2.45) is 5.92 Å². The average molecular weight is 370 g/mol. The second-order valence-corrected chi connectivity index (χ2v) is 7.85. The lowest BCUT2D eigenvalue weighted by atomic mass is 9.93. The molecule has 0 saturated carbocycles. The summed E-state index contributed by atoms with van der Waals surface area (Å²) in [6.45, 7) is 3.84. The number of nitrogens with one attached hydrogen (secondary N) is 1. The molecule has 8 heteroatoms. The molecule has 1 aromatic rings. The van der Waals surface area contributed by atoms with Gasteiger partial charge < -0.3 is 15.2 Å². The summed E-state index contributed by atoms with van der Waals surface area (Å²) in [4.78, 5) is 23.5. The predicted octanol–water partition coefficient (Wildman–Crippen LogP) is 3.56. The zero-order chi connectivity index (χ0) is 18.9. The van der Waals surface area contributed by atoms with Gasteiger partial charge in [-0.3, -0.25) is 0 Å². The normalized spacial score (nSPS) is 13.8. The first kappa shape index (κ1) is 21.1. The van der Waals surface area contributed by atoms with Crippen molar-refractivity contribution in [3.63, 3.8) is 0 Å². The number of amides is 1. The summed E-state index contributed by atoms with van der Waals surface area (Å²) in [5, 5.41) is 10.6. The SMILES string of the molecule is CO[P+](=O)C(CCNC(=O)OCc1ccccc1)(CC(C)C)C(=O)O. The molecule has 0 fully saturated rings. The molecule has 0 aliphatic heterocycles. The number of hydrogen-bond donors (Lipinski definition) is 2. The fourth-order valence-corrected chi connectivity index (χ4v) is 3.85. The number of hydrogen-bond acceptors (Lipinski definition) is 5. The first-order valence-electron chi connectivity index (χ1n) is 8.01. The van der Waals surface area contributed by atoms with Gasteiger partial charge in [-0.25, -0.2) is 9.59 Å². The van der Waals surface area contributed by atoms with E-state index in [0.29, 0.717) is 0 Å². The van der Waals surface area contributed by atoms with Crippen molar-refractivity contribution in [1.82, 2.24) is 5.32 Å². The Morgan fingerprint density at radius 1 is 1.28 bits per heavy atom. The lowest BCUT2D eigenvalue weighted by molar-refractivity contribution is -0.141. The average Bonchev–Trinajstić information content (AvgIpc) is 2.58. The number of benzene rings is 1. The van der Waals surface area contributed by atoms with Gasteiger partial charge in [0.05, 0.1) is 7.11 Å². The van der Waals surface area contributed by atoms with E-state index in [1.165, 1.54) is 7.11 Å². The van der Waals surface area contributed by atoms with Crippen molar-refractivity contribution in [1.29, 1.82) is 0 Å². The number of ether oxygens (including phenoxy) is 1. The number of rotatable bonds is 10. The number of carbonyl (C=O) groups is 2. The van der Waals surface area contributed by atoms with Gasteiger partial charge in [0.1, 0.15) is 6.61 Å². The standard InChI is InChI=1S/C17H24NO6P/c1-13(2)11-17(15(19)20,25(22)23-3)9-10-18-16(21)24-12-14-7-5-4-6-8-14/h4-8,13H,9-12H2,1-3H3,(H-,18,19,20,21)/p+1. The van der Waals surface area contributed by atoms with Crippen LogP contribution in [0.5, 0.6) is 0 Å². The van der Waals surface area contributed by atoms with Gasteiger partial charge in [0, 0.05) is 19.4 Å². The van der Waals surface area contributed by atoms with Gasteiger partial charge in [0.2, 0.25) is 0 Å². The van der Waals surface area contributed by atoms with Gasteiger partial charge >= 0.3 is 20.1 Å². The van der Waals surface area contributed by atoms with Gasteiger partial charge in [-0.05, 0) is 16.0 Å². The van der Waals surface area contributed by atoms with Crippen LogP contribution in [0.1, 0.15) is 32.3 Å². The zero-order valence-electron chi connectivity index (χ0n) is 14.7. The third kappa shape index (κ3) is 6.44. The van der Waals surface area contributed by atoms with Crippen LogP contribution >= 0.6 is 8.03 Å². The largest absolute Gasteiger partial charge is 0.526 e. The molecular formula is C17H25NO6P+. The van der Waals surface area contributed by atoms with E-state index < -0.39 is 25.2 Å². The molecule has 25 heavy (non-hydrogen) atoms. The Morgan fingerprint density at radius 2 is 1.92 bits per heavy atom. The number of carboxylic acids is 1. The molecule has 0 radical (unpaired) electrons. The van der Waals surface area contributed by atoms with Crippen molar-refractivity contribution in [2.45, 2.75) is 38.5 Å². The monoisotopic (exact) mass is 370 g/mol. The smallest absolute Gasteiger partial charge is 0.478 e. The zero-order valence-corrected chi connectivity index (χ0v) is 15.6. The highest BCUT2D eigenvalue weighted by Crippen LogP contribution is 2.46. The van der Waals surface area contributed by atoms with Crippen LogP contribution in [0.4, 0.5) is 4.79 Å². The summed E-state index contributed by atoms with van der Waals surface area (Å²) in [5.74, 6) is -1.18. The molecule has 7 nitrogen and oxygen atoms in total. The third-order valence-electron chi connectivity index (χ3n) is 3.68. The van der Waals surface area contributed by atoms with Gasteiger partial charge in [0.25, 0.3) is 5.16 Å². The lowest BCUT2D eigenvalue weighted by Gasteiger charge is -2.20. The highest BCUT2D eigenvalue weighted by Gasteiger charge is 2.57. The van der Waals surface area contributed by atoms with E-state index >= 15 is 0 Å². The maximum atomic E-state index is 12.2. The Kier molecular flexibility index (Phi) is 8.52.